The molecule has 38 heavy (non-hydrogen) atoms. The molecule has 8 heteroatoms. The number of benzene rings is 2. The topological polar surface area (TPSA) is 91.7 Å². The summed E-state index contributed by atoms with van der Waals surface area (Å²) < 4.78 is 17.4. The van der Waals surface area contributed by atoms with Gasteiger partial charge in [0.2, 0.25) is 5.91 Å². The molecule has 0 radical (unpaired) electrons. The number of aliphatic hydroxyl groups excluding tert-OH is 1. The van der Waals surface area contributed by atoms with E-state index >= 15 is 0 Å². The Morgan fingerprint density at radius 3 is 2.74 bits per heavy atom. The lowest BCUT2D eigenvalue weighted by Gasteiger charge is -2.42. The molecule has 0 aliphatic carbocycles. The second-order valence-corrected chi connectivity index (χ2v) is 10.6. The van der Waals surface area contributed by atoms with Crippen LogP contribution in [0.1, 0.15) is 49.7 Å². The number of methoxy groups -OCH3 is 1. The fourth-order valence-electron chi connectivity index (χ4n) is 5.24. The maximum atomic E-state index is 12.2. The minimum absolute atomic E-state index is 0.0185. The molecule has 0 spiro atoms. The largest absolute Gasteiger partial charge is 0.493 e. The number of likely N-dealkylation sites (tertiary alicyclic amines) is 2. The van der Waals surface area contributed by atoms with Crippen LogP contribution in [-0.2, 0) is 11.3 Å². The highest BCUT2D eigenvalue weighted by Gasteiger charge is 2.42. The molecule has 2 N–H and O–H groups in total. The molecular weight excluding hydrogens is 484 g/mol. The molecule has 2 fully saturated rings. The van der Waals surface area contributed by atoms with Gasteiger partial charge in [-0.05, 0) is 68.0 Å². The summed E-state index contributed by atoms with van der Waals surface area (Å²) in [6, 6.07) is 13.5. The van der Waals surface area contributed by atoms with Crippen molar-refractivity contribution in [2.45, 2.75) is 63.7 Å². The van der Waals surface area contributed by atoms with E-state index in [9.17, 15) is 15.0 Å². The highest BCUT2D eigenvalue weighted by atomic mass is 16.5. The molecule has 208 valence electrons. The molecule has 0 saturated carbocycles. The van der Waals surface area contributed by atoms with Crippen molar-refractivity contribution in [2.24, 2.45) is 0 Å². The summed E-state index contributed by atoms with van der Waals surface area (Å²) >= 11 is 0. The Hall–Kier alpha value is -2.81. The fourth-order valence-corrected chi connectivity index (χ4v) is 5.24. The normalized spacial score (nSPS) is 22.7. The highest BCUT2D eigenvalue weighted by molar-refractivity contribution is 5.76. The Kier molecular flexibility index (Phi) is 9.88. The first-order valence-electron chi connectivity index (χ1n) is 13.8. The van der Waals surface area contributed by atoms with Crippen LogP contribution in [-0.4, -0.2) is 84.1 Å². The van der Waals surface area contributed by atoms with Crippen molar-refractivity contribution in [3.63, 3.8) is 0 Å². The number of carbonyl (C=O) groups excluding carboxylic acids is 1. The summed E-state index contributed by atoms with van der Waals surface area (Å²) in [6.07, 6.45) is 4.20. The molecule has 2 aromatic carbocycles. The Balaban J connectivity index is 1.32. The van der Waals surface area contributed by atoms with Crippen molar-refractivity contribution in [1.82, 2.24) is 9.80 Å². The van der Waals surface area contributed by atoms with Gasteiger partial charge in [-0.2, -0.15) is 0 Å². The van der Waals surface area contributed by atoms with Crippen LogP contribution in [0.5, 0.6) is 17.2 Å². The fraction of sp³-hybridized carbons (Fsp3) is 0.567. The number of piperidine rings is 1. The summed E-state index contributed by atoms with van der Waals surface area (Å²) in [5.41, 5.74) is 0.744. The Labute approximate surface area is 226 Å². The first-order chi connectivity index (χ1) is 18.4. The predicted octanol–water partition coefficient (Wildman–Crippen LogP) is 3.55. The third-order valence-electron chi connectivity index (χ3n) is 7.45. The quantitative estimate of drug-likeness (QED) is 0.433. The summed E-state index contributed by atoms with van der Waals surface area (Å²) in [5, 5.41) is 21.8. The lowest BCUT2D eigenvalue weighted by Crippen LogP contribution is -2.59. The Morgan fingerprint density at radius 2 is 1.92 bits per heavy atom. The molecule has 2 heterocycles. The zero-order valence-electron chi connectivity index (χ0n) is 22.7. The number of aryl methyl sites for hydroxylation is 1. The van der Waals surface area contributed by atoms with E-state index in [0.29, 0.717) is 62.9 Å². The molecule has 0 unspecified atom stereocenters. The molecule has 0 aromatic heterocycles. The van der Waals surface area contributed by atoms with Crippen LogP contribution in [0, 0.1) is 6.92 Å². The van der Waals surface area contributed by atoms with E-state index in [1.165, 1.54) is 0 Å². The molecular formula is C30H42N2O6. The SMILES string of the molecule is COc1ccc(CN2CC[C@H](O)[C@@](O)(COc3cccc(C)c3)C2)cc1OCCCN1CCCCCC1=O. The zero-order chi connectivity index (χ0) is 27.0. The second kappa shape index (κ2) is 13.3. The maximum Gasteiger partial charge on any atom is 0.222 e. The molecule has 0 bridgehead atoms. The van der Waals surface area contributed by atoms with Crippen LogP contribution in [0.3, 0.4) is 0 Å². The first kappa shape index (κ1) is 28.2. The minimum atomic E-state index is -1.36. The lowest BCUT2D eigenvalue weighted by atomic mass is 9.90. The van der Waals surface area contributed by atoms with Crippen molar-refractivity contribution in [1.29, 1.82) is 0 Å². The van der Waals surface area contributed by atoms with Gasteiger partial charge in [0.05, 0.1) is 19.8 Å². The van der Waals surface area contributed by atoms with Crippen LogP contribution in [0.4, 0.5) is 0 Å². The van der Waals surface area contributed by atoms with Gasteiger partial charge in [0, 0.05) is 39.1 Å². The van der Waals surface area contributed by atoms with Gasteiger partial charge in [-0.1, -0.05) is 24.6 Å². The van der Waals surface area contributed by atoms with Crippen molar-refractivity contribution in [3.8, 4) is 17.2 Å². The van der Waals surface area contributed by atoms with Gasteiger partial charge in [-0.25, -0.2) is 0 Å². The number of rotatable bonds is 11. The van der Waals surface area contributed by atoms with Crippen LogP contribution in [0.15, 0.2) is 42.5 Å². The third-order valence-corrected chi connectivity index (χ3v) is 7.45. The number of nitrogens with zero attached hydrogens (tertiary/aromatic N) is 2. The van der Waals surface area contributed by atoms with Crippen molar-refractivity contribution in [2.75, 3.05) is 46.5 Å². The molecule has 4 rings (SSSR count). The van der Waals surface area contributed by atoms with Crippen molar-refractivity contribution < 1.29 is 29.2 Å². The zero-order valence-corrected chi connectivity index (χ0v) is 22.7. The van der Waals surface area contributed by atoms with Gasteiger partial charge in [0.15, 0.2) is 11.5 Å². The lowest BCUT2D eigenvalue weighted by molar-refractivity contribution is -0.140. The number of hydrogen-bond acceptors (Lipinski definition) is 7. The van der Waals surface area contributed by atoms with Gasteiger partial charge in [0.25, 0.3) is 0 Å². The summed E-state index contributed by atoms with van der Waals surface area (Å²) in [7, 11) is 1.62. The molecule has 2 aliphatic rings. The number of aliphatic hydroxyl groups is 2. The second-order valence-electron chi connectivity index (χ2n) is 10.6. The van der Waals surface area contributed by atoms with Gasteiger partial charge >= 0.3 is 0 Å². The molecule has 2 saturated heterocycles. The average molecular weight is 527 g/mol. The third kappa shape index (κ3) is 7.62. The van der Waals surface area contributed by atoms with E-state index in [1.54, 1.807) is 7.11 Å². The number of carbonyl (C=O) groups is 1. The average Bonchev–Trinajstić information content (AvgIpc) is 3.11. The van der Waals surface area contributed by atoms with Gasteiger partial charge in [-0.15, -0.1) is 0 Å². The van der Waals surface area contributed by atoms with Crippen LogP contribution < -0.4 is 14.2 Å². The van der Waals surface area contributed by atoms with E-state index in [4.69, 9.17) is 14.2 Å². The van der Waals surface area contributed by atoms with Gasteiger partial charge in [0.1, 0.15) is 18.0 Å². The predicted molar refractivity (Wildman–Crippen MR) is 146 cm³/mol. The first-order valence-corrected chi connectivity index (χ1v) is 13.8. The molecule has 1 amide bonds. The van der Waals surface area contributed by atoms with E-state index < -0.39 is 11.7 Å². The number of ether oxygens (including phenoxy) is 3. The van der Waals surface area contributed by atoms with Gasteiger partial charge in [-0.3, -0.25) is 9.69 Å². The van der Waals surface area contributed by atoms with Crippen molar-refractivity contribution >= 4 is 5.91 Å². The highest BCUT2D eigenvalue weighted by Crippen LogP contribution is 2.30. The number of β-amino-alcohol motifs (C(OH)–C–C–N with tert-alkyl or cyclic N) is 1. The molecule has 2 aliphatic heterocycles. The summed E-state index contributed by atoms with van der Waals surface area (Å²) in [6.45, 7) is 5.61. The summed E-state index contributed by atoms with van der Waals surface area (Å²) in [4.78, 5) is 16.3. The van der Waals surface area contributed by atoms with Crippen LogP contribution in [0.25, 0.3) is 0 Å². The van der Waals surface area contributed by atoms with E-state index in [1.807, 2.05) is 54.3 Å². The Bertz CT molecular complexity index is 1060. The Morgan fingerprint density at radius 1 is 1.05 bits per heavy atom. The summed E-state index contributed by atoms with van der Waals surface area (Å²) in [5.74, 6) is 2.26. The number of hydrogen-bond donors (Lipinski definition) is 2. The minimum Gasteiger partial charge on any atom is -0.493 e. The van der Waals surface area contributed by atoms with Crippen LogP contribution in [0.2, 0.25) is 0 Å². The van der Waals surface area contributed by atoms with E-state index in [-0.39, 0.29) is 12.5 Å². The standard InChI is InChI=1S/C30H42N2O6/c1-23-8-6-9-25(18-23)38-22-30(35)21-31(16-13-28(30)33)20-24-11-12-26(36-2)27(19-24)37-17-7-15-32-14-5-3-4-10-29(32)34/h6,8-9,11-12,18-19,28,33,35H,3-5,7,10,13-17,20-22H2,1-2H3/t28-,30-/m0/s1. The van der Waals surface area contributed by atoms with E-state index in [0.717, 1.165) is 43.4 Å². The smallest absolute Gasteiger partial charge is 0.222 e. The molecule has 2 aromatic rings. The molecule has 2 atom stereocenters. The monoisotopic (exact) mass is 526 g/mol. The number of amides is 1. The maximum absolute atomic E-state index is 12.2. The van der Waals surface area contributed by atoms with Gasteiger partial charge < -0.3 is 29.3 Å². The van der Waals surface area contributed by atoms with E-state index in [2.05, 4.69) is 4.90 Å². The van der Waals surface area contributed by atoms with Crippen LogP contribution >= 0.6 is 0 Å². The van der Waals surface area contributed by atoms with Crippen molar-refractivity contribution in [3.05, 3.63) is 53.6 Å². The molecule has 8 nitrogen and oxygen atoms in total.